The third kappa shape index (κ3) is 2.10. The van der Waals surface area contributed by atoms with E-state index in [1.54, 1.807) is 20.8 Å². The Balaban J connectivity index is 3.15. The van der Waals surface area contributed by atoms with Crippen LogP contribution in [-0.2, 0) is 0 Å². The molecular formula is C11H15F2N. The third-order valence-corrected chi connectivity index (χ3v) is 2.56. The van der Waals surface area contributed by atoms with E-state index in [2.05, 4.69) is 0 Å². The normalized spacial score (nSPS) is 15.3. The fourth-order valence-corrected chi connectivity index (χ4v) is 1.29. The van der Waals surface area contributed by atoms with Crippen LogP contribution in [-0.4, -0.2) is 6.04 Å². The standard InChI is InChI=1S/C11H15F2N/c1-6-4-11(13)9(5-10(6)12)7(2)8(3)14/h4-5,7-8H,14H2,1-3H3. The molecule has 0 aliphatic rings. The number of nitrogens with two attached hydrogens (primary N) is 1. The lowest BCUT2D eigenvalue weighted by atomic mass is 9.93. The Hall–Kier alpha value is -0.960. The van der Waals surface area contributed by atoms with Crippen LogP contribution in [0.3, 0.4) is 0 Å². The second kappa shape index (κ2) is 4.05. The summed E-state index contributed by atoms with van der Waals surface area (Å²) in [5.41, 5.74) is 6.31. The van der Waals surface area contributed by atoms with Crippen molar-refractivity contribution >= 4 is 0 Å². The van der Waals surface area contributed by atoms with Crippen molar-refractivity contribution in [3.8, 4) is 0 Å². The van der Waals surface area contributed by atoms with Crippen LogP contribution in [0.15, 0.2) is 12.1 Å². The number of rotatable bonds is 2. The lowest BCUT2D eigenvalue weighted by Crippen LogP contribution is -2.23. The van der Waals surface area contributed by atoms with E-state index in [4.69, 9.17) is 5.73 Å². The number of hydrogen-bond donors (Lipinski definition) is 1. The molecule has 78 valence electrons. The number of benzene rings is 1. The van der Waals surface area contributed by atoms with Crippen molar-refractivity contribution in [1.29, 1.82) is 0 Å². The average Bonchev–Trinajstić information content (AvgIpc) is 2.10. The summed E-state index contributed by atoms with van der Waals surface area (Å²) in [4.78, 5) is 0. The maximum atomic E-state index is 13.4. The van der Waals surface area contributed by atoms with Gasteiger partial charge in [-0.25, -0.2) is 8.78 Å². The highest BCUT2D eigenvalue weighted by molar-refractivity contribution is 5.28. The highest BCUT2D eigenvalue weighted by atomic mass is 19.1. The molecule has 0 saturated carbocycles. The summed E-state index contributed by atoms with van der Waals surface area (Å²) in [6.45, 7) is 5.11. The zero-order valence-electron chi connectivity index (χ0n) is 8.64. The molecule has 2 N–H and O–H groups in total. The van der Waals surface area contributed by atoms with Gasteiger partial charge in [-0.2, -0.15) is 0 Å². The number of hydrogen-bond acceptors (Lipinski definition) is 1. The fraction of sp³-hybridized carbons (Fsp3) is 0.455. The average molecular weight is 199 g/mol. The summed E-state index contributed by atoms with van der Waals surface area (Å²) in [5, 5.41) is 0. The van der Waals surface area contributed by atoms with Crippen LogP contribution in [0, 0.1) is 18.6 Å². The van der Waals surface area contributed by atoms with Crippen LogP contribution in [0.1, 0.15) is 30.9 Å². The van der Waals surface area contributed by atoms with Crippen LogP contribution in [0.4, 0.5) is 8.78 Å². The molecule has 3 heteroatoms. The fourth-order valence-electron chi connectivity index (χ4n) is 1.29. The lowest BCUT2D eigenvalue weighted by Gasteiger charge is -2.17. The predicted molar refractivity (Wildman–Crippen MR) is 53.2 cm³/mol. The maximum Gasteiger partial charge on any atom is 0.127 e. The molecule has 2 atom stereocenters. The van der Waals surface area contributed by atoms with Gasteiger partial charge in [-0.1, -0.05) is 6.92 Å². The van der Waals surface area contributed by atoms with E-state index in [0.29, 0.717) is 11.1 Å². The van der Waals surface area contributed by atoms with Gasteiger partial charge in [-0.15, -0.1) is 0 Å². The molecular weight excluding hydrogens is 184 g/mol. The van der Waals surface area contributed by atoms with Crippen LogP contribution in [0.2, 0.25) is 0 Å². The summed E-state index contributed by atoms with van der Waals surface area (Å²) in [6.07, 6.45) is 0. The van der Waals surface area contributed by atoms with Gasteiger partial charge < -0.3 is 5.73 Å². The zero-order valence-corrected chi connectivity index (χ0v) is 8.64. The molecule has 1 rings (SSSR count). The zero-order chi connectivity index (χ0) is 10.9. The highest BCUT2D eigenvalue weighted by Crippen LogP contribution is 2.23. The van der Waals surface area contributed by atoms with Crippen LogP contribution in [0.25, 0.3) is 0 Å². The second-order valence-corrected chi connectivity index (χ2v) is 3.77. The summed E-state index contributed by atoms with van der Waals surface area (Å²) in [6, 6.07) is 2.26. The van der Waals surface area contributed by atoms with Crippen molar-refractivity contribution in [1.82, 2.24) is 0 Å². The van der Waals surface area contributed by atoms with Gasteiger partial charge in [0.05, 0.1) is 0 Å². The van der Waals surface area contributed by atoms with E-state index in [1.807, 2.05) is 0 Å². The molecule has 0 aromatic heterocycles. The Bertz CT molecular complexity index is 334. The molecule has 0 spiro atoms. The molecule has 0 saturated heterocycles. The summed E-state index contributed by atoms with van der Waals surface area (Å²) >= 11 is 0. The van der Waals surface area contributed by atoms with Gasteiger partial charge in [-0.05, 0) is 43.0 Å². The largest absolute Gasteiger partial charge is 0.327 e. The Labute approximate surface area is 82.9 Å². The molecule has 0 fully saturated rings. The first-order chi connectivity index (χ1) is 6.43. The number of aryl methyl sites for hydroxylation is 1. The van der Waals surface area contributed by atoms with E-state index in [-0.39, 0.29) is 23.6 Å². The quantitative estimate of drug-likeness (QED) is 0.778. The topological polar surface area (TPSA) is 26.0 Å². The summed E-state index contributed by atoms with van der Waals surface area (Å²) in [7, 11) is 0. The Kier molecular flexibility index (Phi) is 3.21. The smallest absolute Gasteiger partial charge is 0.127 e. The molecule has 0 heterocycles. The molecule has 2 unspecified atom stereocenters. The van der Waals surface area contributed by atoms with Gasteiger partial charge in [0.1, 0.15) is 11.6 Å². The Morgan fingerprint density at radius 2 is 1.71 bits per heavy atom. The molecule has 0 amide bonds. The Morgan fingerprint density at radius 3 is 2.21 bits per heavy atom. The first-order valence-electron chi connectivity index (χ1n) is 4.64. The van der Waals surface area contributed by atoms with E-state index in [1.165, 1.54) is 12.1 Å². The molecule has 0 aliphatic carbocycles. The van der Waals surface area contributed by atoms with Gasteiger partial charge in [0.25, 0.3) is 0 Å². The van der Waals surface area contributed by atoms with Crippen molar-refractivity contribution in [2.45, 2.75) is 32.7 Å². The highest BCUT2D eigenvalue weighted by Gasteiger charge is 2.16. The van der Waals surface area contributed by atoms with Gasteiger partial charge in [0, 0.05) is 6.04 Å². The number of halogens is 2. The van der Waals surface area contributed by atoms with E-state index in [9.17, 15) is 8.78 Å². The predicted octanol–water partition coefficient (Wildman–Crippen LogP) is 2.72. The minimum Gasteiger partial charge on any atom is -0.327 e. The van der Waals surface area contributed by atoms with Crippen LogP contribution < -0.4 is 5.73 Å². The van der Waals surface area contributed by atoms with E-state index < -0.39 is 0 Å². The van der Waals surface area contributed by atoms with Crippen LogP contribution in [0.5, 0.6) is 0 Å². The van der Waals surface area contributed by atoms with Crippen molar-refractivity contribution in [2.24, 2.45) is 5.73 Å². The third-order valence-electron chi connectivity index (χ3n) is 2.56. The van der Waals surface area contributed by atoms with Crippen molar-refractivity contribution in [2.75, 3.05) is 0 Å². The SMILES string of the molecule is Cc1cc(F)c(C(C)C(C)N)cc1F. The second-order valence-electron chi connectivity index (χ2n) is 3.77. The molecule has 0 aliphatic heterocycles. The molecule has 1 aromatic rings. The first kappa shape index (κ1) is 11.1. The maximum absolute atomic E-state index is 13.4. The minimum absolute atomic E-state index is 0.176. The van der Waals surface area contributed by atoms with Gasteiger partial charge in [-0.3, -0.25) is 0 Å². The monoisotopic (exact) mass is 199 g/mol. The summed E-state index contributed by atoms with van der Waals surface area (Å²) < 4.78 is 26.6. The van der Waals surface area contributed by atoms with Gasteiger partial charge in [0.2, 0.25) is 0 Å². The van der Waals surface area contributed by atoms with Crippen molar-refractivity contribution in [3.63, 3.8) is 0 Å². The van der Waals surface area contributed by atoms with E-state index in [0.717, 1.165) is 0 Å². The Morgan fingerprint density at radius 1 is 1.14 bits per heavy atom. The molecule has 1 nitrogen and oxygen atoms in total. The first-order valence-corrected chi connectivity index (χ1v) is 4.64. The van der Waals surface area contributed by atoms with E-state index >= 15 is 0 Å². The molecule has 14 heavy (non-hydrogen) atoms. The summed E-state index contributed by atoms with van der Waals surface area (Å²) in [5.74, 6) is -0.937. The minimum atomic E-state index is -0.381. The molecule has 1 aromatic carbocycles. The molecule has 0 bridgehead atoms. The van der Waals surface area contributed by atoms with Gasteiger partial charge >= 0.3 is 0 Å². The lowest BCUT2D eigenvalue weighted by molar-refractivity contribution is 0.534. The van der Waals surface area contributed by atoms with Crippen molar-refractivity contribution in [3.05, 3.63) is 34.9 Å². The van der Waals surface area contributed by atoms with Gasteiger partial charge in [0.15, 0.2) is 0 Å². The van der Waals surface area contributed by atoms with Crippen molar-refractivity contribution < 1.29 is 8.78 Å². The molecule has 0 radical (unpaired) electrons. The van der Waals surface area contributed by atoms with Crippen LogP contribution >= 0.6 is 0 Å².